The van der Waals surface area contributed by atoms with Crippen LogP contribution in [-0.4, -0.2) is 40.1 Å². The molecule has 34 heavy (non-hydrogen) atoms. The van der Waals surface area contributed by atoms with Gasteiger partial charge in [0.1, 0.15) is 17.3 Å². The molecule has 6 rings (SSSR count). The maximum atomic E-state index is 13.5. The quantitative estimate of drug-likeness (QED) is 0.456. The third-order valence-electron chi connectivity index (χ3n) is 6.62. The normalized spacial score (nSPS) is 16.5. The summed E-state index contributed by atoms with van der Waals surface area (Å²) in [5, 5.41) is 0. The molecular formula is C28H25N3O3. The Morgan fingerprint density at radius 3 is 2.59 bits per heavy atom. The number of nitrogens with zero attached hydrogens (tertiary/aromatic N) is 3. The van der Waals surface area contributed by atoms with Crippen molar-refractivity contribution in [3.8, 4) is 34.1 Å². The van der Waals surface area contributed by atoms with Crippen LogP contribution in [0.2, 0.25) is 0 Å². The highest BCUT2D eigenvalue weighted by molar-refractivity contribution is 5.83. The number of imidazole rings is 1. The van der Waals surface area contributed by atoms with Gasteiger partial charge in [0.05, 0.1) is 25.0 Å². The number of ether oxygens (including phenoxy) is 2. The lowest BCUT2D eigenvalue weighted by Gasteiger charge is -2.31. The lowest BCUT2D eigenvalue weighted by atomic mass is 10.1. The molecule has 3 heterocycles. The fourth-order valence-corrected chi connectivity index (χ4v) is 4.89. The summed E-state index contributed by atoms with van der Waals surface area (Å²) in [5.74, 6) is 2.54. The monoisotopic (exact) mass is 451 g/mol. The number of carbonyl (C=O) groups excluding carboxylic acids is 1. The minimum absolute atomic E-state index is 0.0292. The molecule has 3 aromatic carbocycles. The highest BCUT2D eigenvalue weighted by atomic mass is 16.5. The molecule has 1 unspecified atom stereocenters. The molecule has 0 fully saturated rings. The molecule has 1 atom stereocenters. The van der Waals surface area contributed by atoms with Gasteiger partial charge in [-0.3, -0.25) is 4.79 Å². The lowest BCUT2D eigenvalue weighted by molar-refractivity contribution is -0.139. The van der Waals surface area contributed by atoms with E-state index in [1.807, 2.05) is 71.6 Å². The van der Waals surface area contributed by atoms with Crippen LogP contribution in [-0.2, 0) is 24.3 Å². The van der Waals surface area contributed by atoms with Gasteiger partial charge in [-0.05, 0) is 23.8 Å². The predicted octanol–water partition coefficient (Wildman–Crippen LogP) is 4.57. The lowest BCUT2D eigenvalue weighted by Crippen LogP contribution is -2.45. The zero-order valence-corrected chi connectivity index (χ0v) is 19.0. The SMILES string of the molecule is COc1cccc(-c2nc(-c3ccccc3)n3c2CN(C(=O)C2Cc4ccccc4O2)CC3)c1. The van der Waals surface area contributed by atoms with E-state index in [0.717, 1.165) is 45.4 Å². The maximum absolute atomic E-state index is 13.5. The summed E-state index contributed by atoms with van der Waals surface area (Å²) in [6.45, 7) is 1.79. The van der Waals surface area contributed by atoms with E-state index in [1.54, 1.807) is 7.11 Å². The third-order valence-corrected chi connectivity index (χ3v) is 6.62. The van der Waals surface area contributed by atoms with Crippen molar-refractivity contribution < 1.29 is 14.3 Å². The number of methoxy groups -OCH3 is 1. The molecule has 0 saturated heterocycles. The second-order valence-electron chi connectivity index (χ2n) is 8.66. The largest absolute Gasteiger partial charge is 0.497 e. The van der Waals surface area contributed by atoms with Gasteiger partial charge in [0.25, 0.3) is 5.91 Å². The van der Waals surface area contributed by atoms with E-state index >= 15 is 0 Å². The van der Waals surface area contributed by atoms with Crippen LogP contribution in [0.15, 0.2) is 78.9 Å². The number of rotatable bonds is 4. The smallest absolute Gasteiger partial charge is 0.264 e. The van der Waals surface area contributed by atoms with Crippen molar-refractivity contribution in [3.05, 3.63) is 90.1 Å². The van der Waals surface area contributed by atoms with Gasteiger partial charge >= 0.3 is 0 Å². The fourth-order valence-electron chi connectivity index (χ4n) is 4.89. The first kappa shape index (κ1) is 20.5. The molecule has 6 nitrogen and oxygen atoms in total. The van der Waals surface area contributed by atoms with Gasteiger partial charge in [-0.2, -0.15) is 0 Å². The van der Waals surface area contributed by atoms with Gasteiger partial charge in [-0.15, -0.1) is 0 Å². The van der Waals surface area contributed by atoms with E-state index in [0.29, 0.717) is 26.1 Å². The average molecular weight is 452 g/mol. The van der Waals surface area contributed by atoms with Crippen LogP contribution < -0.4 is 9.47 Å². The molecule has 0 saturated carbocycles. The van der Waals surface area contributed by atoms with Gasteiger partial charge < -0.3 is 18.9 Å². The van der Waals surface area contributed by atoms with E-state index in [4.69, 9.17) is 14.5 Å². The van der Waals surface area contributed by atoms with Gasteiger partial charge in [-0.25, -0.2) is 4.98 Å². The van der Waals surface area contributed by atoms with Crippen LogP contribution in [0, 0.1) is 0 Å². The molecule has 2 aliphatic heterocycles. The highest BCUT2D eigenvalue weighted by Gasteiger charge is 2.35. The third kappa shape index (κ3) is 3.52. The molecule has 0 aliphatic carbocycles. The van der Waals surface area contributed by atoms with Crippen molar-refractivity contribution in [3.63, 3.8) is 0 Å². The minimum atomic E-state index is -0.472. The fraction of sp³-hybridized carbons (Fsp3) is 0.214. The number of benzene rings is 3. The van der Waals surface area contributed by atoms with Crippen LogP contribution in [0.25, 0.3) is 22.6 Å². The molecule has 170 valence electrons. The maximum Gasteiger partial charge on any atom is 0.264 e. The number of carbonyl (C=O) groups is 1. The Bertz CT molecular complexity index is 1340. The summed E-state index contributed by atoms with van der Waals surface area (Å²) >= 11 is 0. The molecule has 4 aromatic rings. The summed E-state index contributed by atoms with van der Waals surface area (Å²) < 4.78 is 13.7. The number of para-hydroxylation sites is 1. The topological polar surface area (TPSA) is 56.6 Å². The molecule has 0 spiro atoms. The Morgan fingerprint density at radius 2 is 1.76 bits per heavy atom. The zero-order chi connectivity index (χ0) is 23.1. The molecule has 1 amide bonds. The summed E-state index contributed by atoms with van der Waals surface area (Å²) in [5.41, 5.74) is 5.04. The molecule has 1 aromatic heterocycles. The first-order valence-corrected chi connectivity index (χ1v) is 11.5. The van der Waals surface area contributed by atoms with E-state index in [1.165, 1.54) is 0 Å². The van der Waals surface area contributed by atoms with Crippen molar-refractivity contribution in [2.45, 2.75) is 25.6 Å². The van der Waals surface area contributed by atoms with Gasteiger partial charge in [-0.1, -0.05) is 60.7 Å². The van der Waals surface area contributed by atoms with Crippen molar-refractivity contribution in [2.75, 3.05) is 13.7 Å². The number of fused-ring (bicyclic) bond motifs is 2. The molecule has 0 bridgehead atoms. The van der Waals surface area contributed by atoms with Gasteiger partial charge in [0, 0.05) is 30.6 Å². The van der Waals surface area contributed by atoms with E-state index in [9.17, 15) is 4.79 Å². The van der Waals surface area contributed by atoms with Crippen molar-refractivity contribution in [1.82, 2.24) is 14.5 Å². The Labute approximate surface area is 198 Å². The number of aromatic nitrogens is 2. The molecular weight excluding hydrogens is 426 g/mol. The first-order valence-electron chi connectivity index (χ1n) is 11.5. The Morgan fingerprint density at radius 1 is 0.971 bits per heavy atom. The van der Waals surface area contributed by atoms with Crippen molar-refractivity contribution in [2.24, 2.45) is 0 Å². The summed E-state index contributed by atoms with van der Waals surface area (Å²) in [6, 6.07) is 26.0. The summed E-state index contributed by atoms with van der Waals surface area (Å²) in [6.07, 6.45) is 0.142. The second-order valence-corrected chi connectivity index (χ2v) is 8.66. The van der Waals surface area contributed by atoms with E-state index < -0.39 is 6.10 Å². The Hall–Kier alpha value is -4.06. The summed E-state index contributed by atoms with van der Waals surface area (Å²) in [7, 11) is 1.66. The molecule has 2 aliphatic rings. The average Bonchev–Trinajstić information content (AvgIpc) is 3.50. The van der Waals surface area contributed by atoms with E-state index in [2.05, 4.69) is 16.7 Å². The first-order chi connectivity index (χ1) is 16.7. The minimum Gasteiger partial charge on any atom is -0.497 e. The number of hydrogen-bond acceptors (Lipinski definition) is 4. The van der Waals surface area contributed by atoms with Crippen LogP contribution in [0.5, 0.6) is 11.5 Å². The number of amides is 1. The van der Waals surface area contributed by atoms with Crippen LogP contribution in [0.4, 0.5) is 0 Å². The predicted molar refractivity (Wildman–Crippen MR) is 130 cm³/mol. The van der Waals surface area contributed by atoms with Crippen LogP contribution in [0.3, 0.4) is 0 Å². The zero-order valence-electron chi connectivity index (χ0n) is 19.0. The second kappa shape index (κ2) is 8.37. The summed E-state index contributed by atoms with van der Waals surface area (Å²) in [4.78, 5) is 20.4. The molecule has 6 heteroatoms. The van der Waals surface area contributed by atoms with Gasteiger partial charge in [0.15, 0.2) is 6.10 Å². The Balaban J connectivity index is 1.36. The number of hydrogen-bond donors (Lipinski definition) is 0. The van der Waals surface area contributed by atoms with Crippen LogP contribution in [0.1, 0.15) is 11.3 Å². The molecule has 0 N–H and O–H groups in total. The standard InChI is InChI=1S/C28H25N3O3/c1-33-22-12-7-11-21(16-22)26-23-18-30(28(32)25-17-20-10-5-6-13-24(20)34-25)14-15-31(23)27(29-26)19-8-3-2-4-9-19/h2-13,16,25H,14-15,17-18H2,1H3. The van der Waals surface area contributed by atoms with Crippen LogP contribution >= 0.6 is 0 Å². The Kier molecular flexibility index (Phi) is 5.06. The van der Waals surface area contributed by atoms with Crippen molar-refractivity contribution >= 4 is 5.91 Å². The highest BCUT2D eigenvalue weighted by Crippen LogP contribution is 2.35. The van der Waals surface area contributed by atoms with Crippen molar-refractivity contribution in [1.29, 1.82) is 0 Å². The molecule has 0 radical (unpaired) electrons. The van der Waals surface area contributed by atoms with Gasteiger partial charge in [0.2, 0.25) is 0 Å². The van der Waals surface area contributed by atoms with E-state index in [-0.39, 0.29) is 5.91 Å².